The molecule has 3 rings (SSSR count). The van der Waals surface area contributed by atoms with Crippen LogP contribution in [0.3, 0.4) is 0 Å². The van der Waals surface area contributed by atoms with Crippen LogP contribution in [-0.4, -0.2) is 154 Å². The Hall–Kier alpha value is -1.01. The average molecular weight is 735 g/mol. The number of carbonyl (C=O) groups excluding carboxylic acids is 1. The minimum atomic E-state index is -1.80. The first-order valence-corrected chi connectivity index (χ1v) is 18.8. The molecule has 0 bridgehead atoms. The Morgan fingerprint density at radius 1 is 0.941 bits per heavy atom. The Kier molecular flexibility index (Phi) is 15.3. The molecular formula is C37H70N2O12. The van der Waals surface area contributed by atoms with E-state index in [2.05, 4.69) is 5.32 Å². The maximum Gasteiger partial charge on any atom is 0.311 e. The number of likely N-dealkylation sites (N-methyl/N-ethyl adjacent to an activating group) is 1. The average Bonchev–Trinajstić information content (AvgIpc) is 3.05. The van der Waals surface area contributed by atoms with E-state index in [9.17, 15) is 30.3 Å². The van der Waals surface area contributed by atoms with Gasteiger partial charge in [0.1, 0.15) is 30.0 Å². The molecule has 14 heteroatoms. The van der Waals surface area contributed by atoms with E-state index in [0.717, 1.165) is 0 Å². The Balaban J connectivity index is 2.15. The number of rotatable bonds is 7. The van der Waals surface area contributed by atoms with E-state index in [-0.39, 0.29) is 37.3 Å². The third kappa shape index (κ3) is 10.2. The summed E-state index contributed by atoms with van der Waals surface area (Å²) in [7, 11) is 5.27. The summed E-state index contributed by atoms with van der Waals surface area (Å²) in [4.78, 5) is 16.1. The Morgan fingerprint density at radius 3 is 2.14 bits per heavy atom. The number of hydrogen-bond acceptors (Lipinski definition) is 14. The number of carbonyl (C=O) groups is 1. The van der Waals surface area contributed by atoms with E-state index in [1.165, 1.54) is 14.0 Å². The molecule has 0 amide bonds. The summed E-state index contributed by atoms with van der Waals surface area (Å²) in [5, 5.41) is 60.9. The van der Waals surface area contributed by atoms with Gasteiger partial charge in [-0.25, -0.2) is 0 Å². The van der Waals surface area contributed by atoms with Gasteiger partial charge in [0.05, 0.1) is 41.5 Å². The summed E-state index contributed by atoms with van der Waals surface area (Å²) >= 11 is 0. The van der Waals surface area contributed by atoms with Crippen LogP contribution in [0, 0.1) is 17.8 Å². The molecule has 3 heterocycles. The molecule has 300 valence electrons. The molecule has 0 unspecified atom stereocenters. The van der Waals surface area contributed by atoms with Gasteiger partial charge in [-0.15, -0.1) is 0 Å². The molecule has 0 saturated carbocycles. The zero-order valence-corrected chi connectivity index (χ0v) is 33.2. The number of cyclic esters (lactones) is 1. The number of aliphatic hydroxyl groups is 5. The lowest BCUT2D eigenvalue weighted by Gasteiger charge is -2.48. The van der Waals surface area contributed by atoms with Gasteiger partial charge < -0.3 is 64.2 Å². The zero-order valence-electron chi connectivity index (χ0n) is 33.2. The smallest absolute Gasteiger partial charge is 0.311 e. The second-order valence-electron chi connectivity index (χ2n) is 16.7. The fraction of sp³-hybridized carbons (Fsp3) is 0.973. The van der Waals surface area contributed by atoms with Crippen LogP contribution in [-0.2, 0) is 33.2 Å². The Labute approximate surface area is 305 Å². The quantitative estimate of drug-likeness (QED) is 0.207. The third-order valence-corrected chi connectivity index (χ3v) is 11.7. The van der Waals surface area contributed by atoms with Crippen molar-refractivity contribution < 1.29 is 58.7 Å². The van der Waals surface area contributed by atoms with Crippen LogP contribution in [0.2, 0.25) is 0 Å². The molecular weight excluding hydrogens is 664 g/mol. The maximum atomic E-state index is 14.1. The number of nitrogens with one attached hydrogen (secondary N) is 1. The number of nitrogens with zero attached hydrogens (tertiary/aromatic N) is 1. The molecule has 3 aliphatic rings. The molecule has 6 N–H and O–H groups in total. The molecule has 0 spiro atoms. The van der Waals surface area contributed by atoms with Crippen LogP contribution in [0.15, 0.2) is 0 Å². The molecule has 3 fully saturated rings. The topological polar surface area (TPSA) is 189 Å². The molecule has 3 aliphatic heterocycles. The predicted molar refractivity (Wildman–Crippen MR) is 190 cm³/mol. The number of methoxy groups -OCH3 is 1. The maximum absolute atomic E-state index is 14.1. The highest BCUT2D eigenvalue weighted by molar-refractivity contribution is 5.73. The lowest BCUT2D eigenvalue weighted by molar-refractivity contribution is -0.318. The summed E-state index contributed by atoms with van der Waals surface area (Å²) < 4.78 is 37.4. The second-order valence-corrected chi connectivity index (χ2v) is 16.7. The molecule has 0 aromatic heterocycles. The van der Waals surface area contributed by atoms with Crippen LogP contribution in [0.1, 0.15) is 94.9 Å². The summed E-state index contributed by atoms with van der Waals surface area (Å²) in [6.45, 7) is 17.8. The number of hydrogen-bond donors (Lipinski definition) is 6. The van der Waals surface area contributed by atoms with Crippen molar-refractivity contribution in [3.8, 4) is 0 Å². The summed E-state index contributed by atoms with van der Waals surface area (Å²) in [6, 6.07) is -0.858. The standard InChI is InChI=1S/C37H70N2O12/c1-14-26-37(10,45)30(41)23(6)38-18-19(2)16-35(8,44)32(51-34-28(40)25(39(11)12)15-20(3)47-34)21(4)29(22(5)33(43)49-26)50-27-17-36(9,46-13)31(42)24(7)48-27/h19-32,34,38,40-42,44-45H,14-18H2,1-13H3/t19-,20-,21+,22-,23-,24+,25+,26-,27+,28-,29+,30-,31-,32-,34-,35-,36+,37-/m1/s1. The van der Waals surface area contributed by atoms with Crippen LogP contribution >= 0.6 is 0 Å². The Morgan fingerprint density at radius 2 is 1.57 bits per heavy atom. The van der Waals surface area contributed by atoms with E-state index in [4.69, 9.17) is 28.4 Å². The minimum absolute atomic E-state index is 0.132. The molecule has 51 heavy (non-hydrogen) atoms. The van der Waals surface area contributed by atoms with E-state index in [0.29, 0.717) is 13.0 Å². The Bertz CT molecular complexity index is 1110. The number of ether oxygens (including phenoxy) is 6. The van der Waals surface area contributed by atoms with Gasteiger partial charge in [0.25, 0.3) is 0 Å². The van der Waals surface area contributed by atoms with E-state index < -0.39 is 96.0 Å². The number of aliphatic hydroxyl groups excluding tert-OH is 3. The first-order chi connectivity index (χ1) is 23.5. The highest BCUT2D eigenvalue weighted by Gasteiger charge is 2.52. The molecule has 0 aromatic rings. The van der Waals surface area contributed by atoms with Crippen molar-refractivity contribution >= 4 is 5.97 Å². The van der Waals surface area contributed by atoms with Crippen LogP contribution in [0.5, 0.6) is 0 Å². The first kappa shape index (κ1) is 44.4. The van der Waals surface area contributed by atoms with Crippen molar-refractivity contribution in [3.63, 3.8) is 0 Å². The van der Waals surface area contributed by atoms with Crippen LogP contribution in [0.25, 0.3) is 0 Å². The zero-order chi connectivity index (χ0) is 38.8. The van der Waals surface area contributed by atoms with Gasteiger partial charge in [0.2, 0.25) is 0 Å². The SMILES string of the molecule is CC[C@H]1OC(=O)[C@H](C)[C@@H](O[C@H]2C[C@](C)(OC)[C@H](O)[C@H](C)O2)[C@H](C)[C@@H](O[C@H]2O[C@H](C)C[C@H](N(C)C)[C@H]2O)[C@](C)(O)C[C@@H](C)CN[C@H](C)[C@@H](O)[C@]1(C)O. The normalized spacial score (nSPS) is 49.9. The van der Waals surface area contributed by atoms with Crippen LogP contribution < -0.4 is 5.32 Å². The van der Waals surface area contributed by atoms with E-state index in [1.807, 2.05) is 39.8 Å². The highest BCUT2D eigenvalue weighted by atomic mass is 16.7. The fourth-order valence-corrected chi connectivity index (χ4v) is 8.36. The van der Waals surface area contributed by atoms with Gasteiger partial charge in [-0.3, -0.25) is 4.79 Å². The lowest BCUT2D eigenvalue weighted by atomic mass is 9.77. The van der Waals surface area contributed by atoms with Gasteiger partial charge in [-0.1, -0.05) is 20.8 Å². The molecule has 14 nitrogen and oxygen atoms in total. The lowest BCUT2D eigenvalue weighted by Crippen LogP contribution is -2.60. The van der Waals surface area contributed by atoms with Gasteiger partial charge in [-0.2, -0.15) is 0 Å². The van der Waals surface area contributed by atoms with E-state index >= 15 is 0 Å². The van der Waals surface area contributed by atoms with Gasteiger partial charge in [0.15, 0.2) is 12.6 Å². The summed E-state index contributed by atoms with van der Waals surface area (Å²) in [5.74, 6) is -2.60. The van der Waals surface area contributed by atoms with E-state index in [1.54, 1.807) is 41.5 Å². The first-order valence-electron chi connectivity index (χ1n) is 18.8. The fourth-order valence-electron chi connectivity index (χ4n) is 8.36. The molecule has 0 radical (unpaired) electrons. The highest BCUT2D eigenvalue weighted by Crippen LogP contribution is 2.40. The minimum Gasteiger partial charge on any atom is -0.459 e. The monoisotopic (exact) mass is 734 g/mol. The van der Waals surface area contributed by atoms with Crippen molar-refractivity contribution in [2.45, 2.75) is 185 Å². The van der Waals surface area contributed by atoms with Crippen molar-refractivity contribution in [3.05, 3.63) is 0 Å². The van der Waals surface area contributed by atoms with Gasteiger partial charge in [-0.05, 0) is 94.3 Å². The summed E-state index contributed by atoms with van der Waals surface area (Å²) in [5.41, 5.74) is -4.37. The second kappa shape index (κ2) is 17.6. The molecule has 0 aromatic carbocycles. The molecule has 0 aliphatic carbocycles. The molecule has 18 atom stereocenters. The molecule has 3 saturated heterocycles. The van der Waals surface area contributed by atoms with Crippen molar-refractivity contribution in [2.24, 2.45) is 17.8 Å². The largest absolute Gasteiger partial charge is 0.459 e. The van der Waals surface area contributed by atoms with Gasteiger partial charge >= 0.3 is 5.97 Å². The van der Waals surface area contributed by atoms with Crippen molar-refractivity contribution in [1.29, 1.82) is 0 Å². The number of esters is 1. The third-order valence-electron chi connectivity index (χ3n) is 11.7. The summed E-state index contributed by atoms with van der Waals surface area (Å²) in [6.07, 6.45) is -8.22. The van der Waals surface area contributed by atoms with Gasteiger partial charge in [0, 0.05) is 31.5 Å². The van der Waals surface area contributed by atoms with Crippen molar-refractivity contribution in [2.75, 3.05) is 27.7 Å². The van der Waals surface area contributed by atoms with Crippen molar-refractivity contribution in [1.82, 2.24) is 10.2 Å². The van der Waals surface area contributed by atoms with Crippen LogP contribution in [0.4, 0.5) is 0 Å². The predicted octanol–water partition coefficient (Wildman–Crippen LogP) is 1.56.